The van der Waals surface area contributed by atoms with Crippen LogP contribution in [0, 0.1) is 19.8 Å². The zero-order valence-corrected chi connectivity index (χ0v) is 16.5. The SMILES string of the molecule is Cc1ccc(C)c(C(=O)c2ccccc2C(=O)OCC(=O)N[C@@H](C)C2CC2)c1. The molecule has 0 spiro atoms. The first kappa shape index (κ1) is 19.8. The van der Waals surface area contributed by atoms with E-state index in [-0.39, 0.29) is 35.5 Å². The van der Waals surface area contributed by atoms with Crippen molar-refractivity contribution in [3.63, 3.8) is 0 Å². The number of benzene rings is 2. The van der Waals surface area contributed by atoms with Crippen LogP contribution in [0.3, 0.4) is 0 Å². The average molecular weight is 379 g/mol. The second kappa shape index (κ2) is 8.38. The van der Waals surface area contributed by atoms with Gasteiger partial charge in [0, 0.05) is 17.2 Å². The molecular formula is C23H25NO4. The van der Waals surface area contributed by atoms with Gasteiger partial charge in [0.1, 0.15) is 0 Å². The molecule has 0 unspecified atom stereocenters. The van der Waals surface area contributed by atoms with E-state index in [1.54, 1.807) is 24.3 Å². The van der Waals surface area contributed by atoms with Gasteiger partial charge in [-0.3, -0.25) is 9.59 Å². The Morgan fingerprint density at radius 3 is 2.39 bits per heavy atom. The highest BCUT2D eigenvalue weighted by Gasteiger charge is 2.29. The fourth-order valence-electron chi connectivity index (χ4n) is 3.20. The molecule has 2 aromatic carbocycles. The van der Waals surface area contributed by atoms with E-state index in [1.807, 2.05) is 39.0 Å². The summed E-state index contributed by atoms with van der Waals surface area (Å²) in [6, 6.07) is 12.3. The third-order valence-corrected chi connectivity index (χ3v) is 5.08. The first-order valence-corrected chi connectivity index (χ1v) is 9.54. The van der Waals surface area contributed by atoms with E-state index in [0.29, 0.717) is 11.5 Å². The lowest BCUT2D eigenvalue weighted by Crippen LogP contribution is -2.37. The summed E-state index contributed by atoms with van der Waals surface area (Å²) in [5.74, 6) is -0.717. The van der Waals surface area contributed by atoms with Crippen LogP contribution in [0.15, 0.2) is 42.5 Å². The molecule has 2 aromatic rings. The zero-order chi connectivity index (χ0) is 20.3. The molecule has 3 rings (SSSR count). The molecule has 5 nitrogen and oxygen atoms in total. The number of amides is 1. The number of aryl methyl sites for hydroxylation is 2. The van der Waals surface area contributed by atoms with Crippen LogP contribution in [-0.2, 0) is 9.53 Å². The fraction of sp³-hybridized carbons (Fsp3) is 0.348. The van der Waals surface area contributed by atoms with Crippen LogP contribution in [0.25, 0.3) is 0 Å². The van der Waals surface area contributed by atoms with Crippen molar-refractivity contribution in [2.24, 2.45) is 5.92 Å². The molecule has 0 radical (unpaired) electrons. The van der Waals surface area contributed by atoms with Crippen LogP contribution in [0.5, 0.6) is 0 Å². The fourth-order valence-corrected chi connectivity index (χ4v) is 3.20. The lowest BCUT2D eigenvalue weighted by molar-refractivity contribution is -0.124. The van der Waals surface area contributed by atoms with Gasteiger partial charge in [0.25, 0.3) is 5.91 Å². The summed E-state index contributed by atoms with van der Waals surface area (Å²) in [4.78, 5) is 37.5. The zero-order valence-electron chi connectivity index (χ0n) is 16.5. The molecule has 0 heterocycles. The van der Waals surface area contributed by atoms with Crippen molar-refractivity contribution in [1.82, 2.24) is 5.32 Å². The van der Waals surface area contributed by atoms with Gasteiger partial charge >= 0.3 is 5.97 Å². The summed E-state index contributed by atoms with van der Waals surface area (Å²) in [6.07, 6.45) is 2.24. The van der Waals surface area contributed by atoms with Crippen LogP contribution in [0.4, 0.5) is 0 Å². The molecule has 0 aromatic heterocycles. The van der Waals surface area contributed by atoms with E-state index < -0.39 is 5.97 Å². The molecule has 1 fully saturated rings. The summed E-state index contributed by atoms with van der Waals surface area (Å²) < 4.78 is 5.17. The van der Waals surface area contributed by atoms with Gasteiger partial charge in [0.2, 0.25) is 0 Å². The first-order valence-electron chi connectivity index (χ1n) is 9.54. The number of hydrogen-bond acceptors (Lipinski definition) is 4. The molecule has 1 amide bonds. The summed E-state index contributed by atoms with van der Waals surface area (Å²) in [5, 5.41) is 2.84. The minimum atomic E-state index is -0.677. The van der Waals surface area contributed by atoms with Gasteiger partial charge in [0.15, 0.2) is 12.4 Å². The van der Waals surface area contributed by atoms with Crippen molar-refractivity contribution in [2.75, 3.05) is 6.61 Å². The molecule has 28 heavy (non-hydrogen) atoms. The third kappa shape index (κ3) is 4.66. The number of carbonyl (C=O) groups excluding carboxylic acids is 3. The normalized spacial score (nSPS) is 14.2. The standard InChI is InChI=1S/C23H25NO4/c1-14-8-9-15(2)20(12-14)22(26)18-6-4-5-7-19(18)23(27)28-13-21(25)24-16(3)17-10-11-17/h4-9,12,16-17H,10-11,13H2,1-3H3,(H,24,25)/t16-/m0/s1. The second-order valence-corrected chi connectivity index (χ2v) is 7.46. The Morgan fingerprint density at radius 1 is 1.04 bits per heavy atom. The minimum absolute atomic E-state index is 0.0874. The minimum Gasteiger partial charge on any atom is -0.452 e. The highest BCUT2D eigenvalue weighted by molar-refractivity contribution is 6.15. The van der Waals surface area contributed by atoms with E-state index in [2.05, 4.69) is 5.32 Å². The molecule has 0 aliphatic heterocycles. The maximum atomic E-state index is 13.0. The molecule has 1 saturated carbocycles. The molecule has 1 aliphatic rings. The molecule has 0 saturated heterocycles. The van der Waals surface area contributed by atoms with Crippen LogP contribution < -0.4 is 5.32 Å². The van der Waals surface area contributed by atoms with Gasteiger partial charge in [-0.1, -0.05) is 35.9 Å². The smallest absolute Gasteiger partial charge is 0.339 e. The number of rotatable bonds is 7. The topological polar surface area (TPSA) is 72.5 Å². The molecule has 0 bridgehead atoms. The predicted molar refractivity (Wildman–Crippen MR) is 106 cm³/mol. The van der Waals surface area contributed by atoms with Gasteiger partial charge in [-0.25, -0.2) is 4.79 Å². The van der Waals surface area contributed by atoms with Gasteiger partial charge in [-0.05, 0) is 57.2 Å². The van der Waals surface area contributed by atoms with Crippen LogP contribution in [0.1, 0.15) is 57.2 Å². The molecule has 5 heteroatoms. The molecular weight excluding hydrogens is 354 g/mol. The van der Waals surface area contributed by atoms with Gasteiger partial charge in [-0.2, -0.15) is 0 Å². The van der Waals surface area contributed by atoms with Gasteiger partial charge in [-0.15, -0.1) is 0 Å². The highest BCUT2D eigenvalue weighted by atomic mass is 16.5. The monoisotopic (exact) mass is 379 g/mol. The maximum absolute atomic E-state index is 13.0. The molecule has 1 atom stereocenters. The van der Waals surface area contributed by atoms with E-state index in [1.165, 1.54) is 0 Å². The van der Waals surface area contributed by atoms with Crippen molar-refractivity contribution in [1.29, 1.82) is 0 Å². The number of carbonyl (C=O) groups is 3. The summed E-state index contributed by atoms with van der Waals surface area (Å²) >= 11 is 0. The Morgan fingerprint density at radius 2 is 1.71 bits per heavy atom. The Bertz CT molecular complexity index is 915. The quantitative estimate of drug-likeness (QED) is 0.589. The molecule has 1 aliphatic carbocycles. The lowest BCUT2D eigenvalue weighted by Gasteiger charge is -2.13. The Balaban J connectivity index is 1.72. The first-order chi connectivity index (χ1) is 13.4. The molecule has 1 N–H and O–H groups in total. The number of nitrogens with one attached hydrogen (secondary N) is 1. The Kier molecular flexibility index (Phi) is 5.93. The number of hydrogen-bond donors (Lipinski definition) is 1. The number of ketones is 1. The predicted octanol–water partition coefficient (Wildman–Crippen LogP) is 3.61. The maximum Gasteiger partial charge on any atom is 0.339 e. The van der Waals surface area contributed by atoms with Crippen molar-refractivity contribution in [3.05, 3.63) is 70.3 Å². The van der Waals surface area contributed by atoms with Crippen molar-refractivity contribution in [2.45, 2.75) is 39.7 Å². The van der Waals surface area contributed by atoms with Gasteiger partial charge in [0.05, 0.1) is 5.56 Å². The van der Waals surface area contributed by atoms with E-state index in [9.17, 15) is 14.4 Å². The number of ether oxygens (including phenoxy) is 1. The van der Waals surface area contributed by atoms with Crippen LogP contribution in [0.2, 0.25) is 0 Å². The van der Waals surface area contributed by atoms with Crippen LogP contribution in [-0.4, -0.2) is 30.3 Å². The summed E-state index contributed by atoms with van der Waals surface area (Å²) in [7, 11) is 0. The molecule has 146 valence electrons. The second-order valence-electron chi connectivity index (χ2n) is 7.46. The van der Waals surface area contributed by atoms with E-state index in [4.69, 9.17) is 4.74 Å². The van der Waals surface area contributed by atoms with E-state index >= 15 is 0 Å². The van der Waals surface area contributed by atoms with Crippen molar-refractivity contribution in [3.8, 4) is 0 Å². The lowest BCUT2D eigenvalue weighted by atomic mass is 9.94. The summed E-state index contributed by atoms with van der Waals surface area (Å²) in [5.41, 5.74) is 2.79. The van der Waals surface area contributed by atoms with Crippen molar-refractivity contribution < 1.29 is 19.1 Å². The third-order valence-electron chi connectivity index (χ3n) is 5.08. The summed E-state index contributed by atoms with van der Waals surface area (Å²) in [6.45, 7) is 5.37. The largest absolute Gasteiger partial charge is 0.452 e. The Hall–Kier alpha value is -2.95. The number of esters is 1. The van der Waals surface area contributed by atoms with Crippen LogP contribution >= 0.6 is 0 Å². The highest BCUT2D eigenvalue weighted by Crippen LogP contribution is 2.32. The van der Waals surface area contributed by atoms with E-state index in [0.717, 1.165) is 24.0 Å². The van der Waals surface area contributed by atoms with Crippen molar-refractivity contribution >= 4 is 17.7 Å². The average Bonchev–Trinajstić information content (AvgIpc) is 3.53. The Labute approximate surface area is 165 Å². The van der Waals surface area contributed by atoms with Gasteiger partial charge < -0.3 is 10.1 Å².